The molecule has 1 aromatic carbocycles. The fraction of sp³-hybridized carbons (Fsp3) is 0.588. The van der Waals surface area contributed by atoms with Gasteiger partial charge in [0.05, 0.1) is 6.10 Å². The molecule has 1 fully saturated rings. The van der Waals surface area contributed by atoms with Crippen LogP contribution >= 0.6 is 0 Å². The van der Waals surface area contributed by atoms with Gasteiger partial charge in [0, 0.05) is 25.6 Å². The van der Waals surface area contributed by atoms with E-state index in [0.717, 1.165) is 31.8 Å². The van der Waals surface area contributed by atoms with Crippen LogP contribution in [-0.4, -0.2) is 36.8 Å². The molecule has 1 saturated carbocycles. The number of benzene rings is 1. The third kappa shape index (κ3) is 4.98. The van der Waals surface area contributed by atoms with E-state index in [9.17, 15) is 9.50 Å². The lowest BCUT2D eigenvalue weighted by atomic mass is 10.1. The van der Waals surface area contributed by atoms with Crippen LogP contribution in [0.4, 0.5) is 4.39 Å². The van der Waals surface area contributed by atoms with Gasteiger partial charge in [0.1, 0.15) is 5.82 Å². The van der Waals surface area contributed by atoms with Gasteiger partial charge in [0.15, 0.2) is 5.96 Å². The summed E-state index contributed by atoms with van der Waals surface area (Å²) in [6.07, 6.45) is 3.41. The van der Waals surface area contributed by atoms with Gasteiger partial charge < -0.3 is 15.7 Å². The Kier molecular flexibility index (Phi) is 6.65. The minimum Gasteiger partial charge on any atom is -0.393 e. The van der Waals surface area contributed by atoms with Crippen molar-refractivity contribution in [3.8, 4) is 0 Å². The highest BCUT2D eigenvalue weighted by molar-refractivity contribution is 5.79. The van der Waals surface area contributed by atoms with Gasteiger partial charge in [-0.1, -0.05) is 24.6 Å². The van der Waals surface area contributed by atoms with Crippen LogP contribution in [-0.2, 0) is 6.42 Å². The minimum atomic E-state index is -0.218. The molecule has 0 heterocycles. The summed E-state index contributed by atoms with van der Waals surface area (Å²) in [5.41, 5.74) is 0.706. The van der Waals surface area contributed by atoms with Crippen LogP contribution in [0.2, 0.25) is 0 Å². The van der Waals surface area contributed by atoms with Gasteiger partial charge >= 0.3 is 0 Å². The topological polar surface area (TPSA) is 56.7 Å². The summed E-state index contributed by atoms with van der Waals surface area (Å²) in [7, 11) is 0. The number of aliphatic hydroxyl groups excluding tert-OH is 1. The summed E-state index contributed by atoms with van der Waals surface area (Å²) >= 11 is 0. The van der Waals surface area contributed by atoms with Crippen molar-refractivity contribution in [1.29, 1.82) is 0 Å². The molecule has 2 atom stereocenters. The van der Waals surface area contributed by atoms with Gasteiger partial charge in [-0.3, -0.25) is 4.99 Å². The lowest BCUT2D eigenvalue weighted by Gasteiger charge is -2.15. The molecule has 0 radical (unpaired) electrons. The third-order valence-corrected chi connectivity index (χ3v) is 4.09. The summed E-state index contributed by atoms with van der Waals surface area (Å²) in [5.74, 6) is 0.834. The maximum atomic E-state index is 13.6. The summed E-state index contributed by atoms with van der Waals surface area (Å²) in [6, 6.07) is 6.83. The normalized spacial score (nSPS) is 21.9. The van der Waals surface area contributed by atoms with Crippen molar-refractivity contribution in [3.63, 3.8) is 0 Å². The molecule has 4 nitrogen and oxygen atoms in total. The maximum Gasteiger partial charge on any atom is 0.191 e. The average Bonchev–Trinajstić information content (AvgIpc) is 2.92. The summed E-state index contributed by atoms with van der Waals surface area (Å²) in [5, 5.41) is 16.2. The Labute approximate surface area is 131 Å². The van der Waals surface area contributed by atoms with E-state index < -0.39 is 0 Å². The van der Waals surface area contributed by atoms with Crippen LogP contribution in [0.3, 0.4) is 0 Å². The van der Waals surface area contributed by atoms with E-state index in [2.05, 4.69) is 15.6 Å². The average molecular weight is 307 g/mol. The van der Waals surface area contributed by atoms with Crippen LogP contribution in [0.1, 0.15) is 31.7 Å². The fourth-order valence-electron chi connectivity index (χ4n) is 2.80. The summed E-state index contributed by atoms with van der Waals surface area (Å²) < 4.78 is 13.6. The van der Waals surface area contributed by atoms with Gasteiger partial charge in [-0.2, -0.15) is 0 Å². The number of hydrogen-bond donors (Lipinski definition) is 3. The highest BCUT2D eigenvalue weighted by Gasteiger charge is 2.24. The quantitative estimate of drug-likeness (QED) is 0.557. The van der Waals surface area contributed by atoms with E-state index in [1.807, 2.05) is 13.0 Å². The van der Waals surface area contributed by atoms with Crippen LogP contribution in [0.15, 0.2) is 29.3 Å². The Hall–Kier alpha value is -1.62. The van der Waals surface area contributed by atoms with Crippen molar-refractivity contribution in [1.82, 2.24) is 10.6 Å². The minimum absolute atomic E-state index is 0.166. The van der Waals surface area contributed by atoms with Crippen molar-refractivity contribution in [2.24, 2.45) is 10.9 Å². The van der Waals surface area contributed by atoms with Gasteiger partial charge in [-0.15, -0.1) is 0 Å². The predicted molar refractivity (Wildman–Crippen MR) is 87.4 cm³/mol. The first-order valence-corrected chi connectivity index (χ1v) is 8.14. The molecule has 122 valence electrons. The maximum absolute atomic E-state index is 13.6. The first-order chi connectivity index (χ1) is 10.7. The van der Waals surface area contributed by atoms with E-state index in [4.69, 9.17) is 0 Å². The first-order valence-electron chi connectivity index (χ1n) is 8.14. The number of aliphatic hydroxyl groups is 1. The second-order valence-corrected chi connectivity index (χ2v) is 5.75. The highest BCUT2D eigenvalue weighted by atomic mass is 19.1. The molecule has 0 spiro atoms. The molecule has 0 aliphatic heterocycles. The first kappa shape index (κ1) is 16.7. The second-order valence-electron chi connectivity index (χ2n) is 5.75. The number of aliphatic imine (C=N–C) groups is 1. The van der Waals surface area contributed by atoms with Crippen molar-refractivity contribution < 1.29 is 9.50 Å². The molecule has 22 heavy (non-hydrogen) atoms. The van der Waals surface area contributed by atoms with Crippen molar-refractivity contribution >= 4 is 5.96 Å². The molecular weight excluding hydrogens is 281 g/mol. The Morgan fingerprint density at radius 2 is 2.14 bits per heavy atom. The van der Waals surface area contributed by atoms with Crippen LogP contribution in [0.5, 0.6) is 0 Å². The standard InChI is InChI=1S/C17H26FN3O/c1-2-19-17(21-12-14-7-5-9-16(14)22)20-11-10-13-6-3-4-8-15(13)18/h3-4,6,8,14,16,22H,2,5,7,9-12H2,1H3,(H2,19,20,21). The predicted octanol–water partition coefficient (Wildman–Crippen LogP) is 2.08. The lowest BCUT2D eigenvalue weighted by molar-refractivity contribution is 0.136. The monoisotopic (exact) mass is 307 g/mol. The van der Waals surface area contributed by atoms with E-state index in [1.165, 1.54) is 6.07 Å². The van der Waals surface area contributed by atoms with Crippen molar-refractivity contribution in [2.75, 3.05) is 19.6 Å². The molecule has 2 unspecified atom stereocenters. The van der Waals surface area contributed by atoms with Crippen LogP contribution in [0, 0.1) is 11.7 Å². The van der Waals surface area contributed by atoms with E-state index >= 15 is 0 Å². The van der Waals surface area contributed by atoms with E-state index in [-0.39, 0.29) is 17.8 Å². The van der Waals surface area contributed by atoms with E-state index in [1.54, 1.807) is 12.1 Å². The molecule has 2 rings (SSSR count). The highest BCUT2D eigenvalue weighted by Crippen LogP contribution is 2.25. The van der Waals surface area contributed by atoms with Gasteiger partial charge in [-0.05, 0) is 37.8 Å². The smallest absolute Gasteiger partial charge is 0.191 e. The number of nitrogens with one attached hydrogen (secondary N) is 2. The largest absolute Gasteiger partial charge is 0.393 e. The zero-order valence-corrected chi connectivity index (χ0v) is 13.2. The number of rotatable bonds is 6. The van der Waals surface area contributed by atoms with Gasteiger partial charge in [0.2, 0.25) is 0 Å². The van der Waals surface area contributed by atoms with Gasteiger partial charge in [0.25, 0.3) is 0 Å². The van der Waals surface area contributed by atoms with Crippen LogP contribution in [0.25, 0.3) is 0 Å². The van der Waals surface area contributed by atoms with Crippen molar-refractivity contribution in [2.45, 2.75) is 38.7 Å². The molecule has 1 aromatic rings. The van der Waals surface area contributed by atoms with Crippen LogP contribution < -0.4 is 10.6 Å². The fourth-order valence-corrected chi connectivity index (χ4v) is 2.80. The Morgan fingerprint density at radius 1 is 1.32 bits per heavy atom. The lowest BCUT2D eigenvalue weighted by Crippen LogP contribution is -2.39. The number of guanidine groups is 1. The number of hydrogen-bond acceptors (Lipinski definition) is 2. The Morgan fingerprint density at radius 3 is 2.82 bits per heavy atom. The molecule has 0 aromatic heterocycles. The third-order valence-electron chi connectivity index (χ3n) is 4.09. The number of nitrogens with zero attached hydrogens (tertiary/aromatic N) is 1. The van der Waals surface area contributed by atoms with E-state index in [0.29, 0.717) is 25.1 Å². The second kappa shape index (κ2) is 8.73. The zero-order chi connectivity index (χ0) is 15.8. The Balaban J connectivity index is 1.82. The molecule has 5 heteroatoms. The number of halogens is 1. The van der Waals surface area contributed by atoms with Crippen molar-refractivity contribution in [3.05, 3.63) is 35.6 Å². The summed E-state index contributed by atoms with van der Waals surface area (Å²) in [6.45, 7) is 4.05. The molecular formula is C17H26FN3O. The Bertz CT molecular complexity index is 493. The van der Waals surface area contributed by atoms with Gasteiger partial charge in [-0.25, -0.2) is 4.39 Å². The molecule has 0 amide bonds. The molecule has 1 aliphatic rings. The summed E-state index contributed by atoms with van der Waals surface area (Å²) in [4.78, 5) is 4.54. The molecule has 1 aliphatic carbocycles. The zero-order valence-electron chi connectivity index (χ0n) is 13.2. The molecule has 3 N–H and O–H groups in total. The molecule has 0 saturated heterocycles. The molecule has 0 bridgehead atoms. The SMILES string of the molecule is CCNC(=NCC1CCCC1O)NCCc1ccccc1F.